The van der Waals surface area contributed by atoms with Crippen molar-refractivity contribution in [2.24, 2.45) is 0 Å². The molecule has 3 heterocycles. The number of rotatable bonds is 3. The number of hydrogen-bond donors (Lipinski definition) is 1. The summed E-state index contributed by atoms with van der Waals surface area (Å²) in [5.74, 6) is 0.443. The SMILES string of the molecule is CCN(c1cc(C(F)(F)F)ccn1)C1CC2CCC(C1)N2. The van der Waals surface area contributed by atoms with Gasteiger partial charge in [0.05, 0.1) is 5.56 Å². The van der Waals surface area contributed by atoms with Crippen molar-refractivity contribution in [3.63, 3.8) is 0 Å². The molecule has 2 unspecified atom stereocenters. The number of nitrogens with zero attached hydrogens (tertiary/aromatic N) is 2. The second kappa shape index (κ2) is 5.48. The molecular weight excluding hydrogens is 279 g/mol. The molecule has 1 aromatic heterocycles. The Morgan fingerprint density at radius 2 is 1.95 bits per heavy atom. The summed E-state index contributed by atoms with van der Waals surface area (Å²) < 4.78 is 38.6. The smallest absolute Gasteiger partial charge is 0.354 e. The van der Waals surface area contributed by atoms with E-state index in [-0.39, 0.29) is 6.04 Å². The van der Waals surface area contributed by atoms with Crippen molar-refractivity contribution in [3.05, 3.63) is 23.9 Å². The molecule has 2 aliphatic heterocycles. The fourth-order valence-electron chi connectivity index (χ4n) is 3.64. The number of alkyl halides is 3. The lowest BCUT2D eigenvalue weighted by Crippen LogP contribution is -2.48. The lowest BCUT2D eigenvalue weighted by Gasteiger charge is -2.38. The van der Waals surface area contributed by atoms with Crippen molar-refractivity contribution in [1.82, 2.24) is 10.3 Å². The van der Waals surface area contributed by atoms with E-state index < -0.39 is 11.7 Å². The van der Waals surface area contributed by atoms with Gasteiger partial charge in [-0.1, -0.05) is 0 Å². The third-order valence-electron chi connectivity index (χ3n) is 4.60. The van der Waals surface area contributed by atoms with Gasteiger partial charge >= 0.3 is 6.18 Å². The van der Waals surface area contributed by atoms with E-state index in [4.69, 9.17) is 0 Å². The zero-order valence-corrected chi connectivity index (χ0v) is 12.0. The standard InChI is InChI=1S/C15H20F3N3/c1-2-21(13-8-11-3-4-12(9-13)20-11)14-7-10(5-6-19-14)15(16,17)18/h5-7,11-13,20H,2-4,8-9H2,1H3. The summed E-state index contributed by atoms with van der Waals surface area (Å²) in [5, 5.41) is 3.56. The molecule has 21 heavy (non-hydrogen) atoms. The third kappa shape index (κ3) is 3.00. The molecule has 0 aliphatic carbocycles. The maximum absolute atomic E-state index is 12.9. The molecule has 0 aromatic carbocycles. The van der Waals surface area contributed by atoms with E-state index in [1.807, 2.05) is 11.8 Å². The molecule has 6 heteroatoms. The largest absolute Gasteiger partial charge is 0.416 e. The van der Waals surface area contributed by atoms with E-state index in [0.29, 0.717) is 24.4 Å². The normalized spacial score (nSPS) is 28.7. The number of anilines is 1. The van der Waals surface area contributed by atoms with Gasteiger partial charge in [0.1, 0.15) is 5.82 Å². The quantitative estimate of drug-likeness (QED) is 0.929. The Labute approximate surface area is 122 Å². The van der Waals surface area contributed by atoms with E-state index in [1.165, 1.54) is 25.1 Å². The van der Waals surface area contributed by atoms with Gasteiger partial charge in [-0.05, 0) is 44.7 Å². The van der Waals surface area contributed by atoms with E-state index >= 15 is 0 Å². The Morgan fingerprint density at radius 1 is 1.29 bits per heavy atom. The minimum atomic E-state index is -4.32. The maximum Gasteiger partial charge on any atom is 0.416 e. The molecular formula is C15H20F3N3. The number of hydrogen-bond acceptors (Lipinski definition) is 3. The van der Waals surface area contributed by atoms with E-state index in [2.05, 4.69) is 10.3 Å². The molecule has 0 spiro atoms. The van der Waals surface area contributed by atoms with Crippen LogP contribution in [0.15, 0.2) is 18.3 Å². The molecule has 3 rings (SSSR count). The minimum Gasteiger partial charge on any atom is -0.354 e. The molecule has 1 aromatic rings. The monoisotopic (exact) mass is 299 g/mol. The molecule has 116 valence electrons. The van der Waals surface area contributed by atoms with Gasteiger partial charge < -0.3 is 10.2 Å². The van der Waals surface area contributed by atoms with Gasteiger partial charge in [-0.15, -0.1) is 0 Å². The second-order valence-electron chi connectivity index (χ2n) is 5.95. The van der Waals surface area contributed by atoms with Crippen LogP contribution in [-0.2, 0) is 6.18 Å². The van der Waals surface area contributed by atoms with Gasteiger partial charge in [-0.3, -0.25) is 0 Å². The fraction of sp³-hybridized carbons (Fsp3) is 0.667. The molecule has 1 N–H and O–H groups in total. The fourth-order valence-corrected chi connectivity index (χ4v) is 3.64. The minimum absolute atomic E-state index is 0.282. The van der Waals surface area contributed by atoms with Crippen LogP contribution in [0.1, 0.15) is 38.2 Å². The zero-order chi connectivity index (χ0) is 15.0. The Morgan fingerprint density at radius 3 is 2.52 bits per heavy atom. The molecule has 2 bridgehead atoms. The van der Waals surface area contributed by atoms with E-state index in [0.717, 1.165) is 18.9 Å². The summed E-state index contributed by atoms with van der Waals surface area (Å²) in [6, 6.07) is 3.50. The number of aromatic nitrogens is 1. The lowest BCUT2D eigenvalue weighted by atomic mass is 9.98. The summed E-state index contributed by atoms with van der Waals surface area (Å²) >= 11 is 0. The van der Waals surface area contributed by atoms with Crippen molar-refractivity contribution in [1.29, 1.82) is 0 Å². The molecule has 3 nitrogen and oxygen atoms in total. The Balaban J connectivity index is 1.83. The highest BCUT2D eigenvalue weighted by Crippen LogP contribution is 2.34. The third-order valence-corrected chi connectivity index (χ3v) is 4.60. The van der Waals surface area contributed by atoms with Crippen LogP contribution < -0.4 is 10.2 Å². The summed E-state index contributed by atoms with van der Waals surface area (Å²) in [6.07, 6.45) is 1.27. The van der Waals surface area contributed by atoms with Gasteiger partial charge in [0, 0.05) is 30.9 Å². The summed E-state index contributed by atoms with van der Waals surface area (Å²) in [4.78, 5) is 6.20. The van der Waals surface area contributed by atoms with Crippen LogP contribution in [0.2, 0.25) is 0 Å². The Bertz CT molecular complexity index is 491. The molecule has 0 amide bonds. The first-order valence-electron chi connectivity index (χ1n) is 7.53. The lowest BCUT2D eigenvalue weighted by molar-refractivity contribution is -0.137. The number of piperidine rings is 1. The second-order valence-corrected chi connectivity index (χ2v) is 5.95. The van der Waals surface area contributed by atoms with Crippen LogP contribution in [0.5, 0.6) is 0 Å². The molecule has 0 saturated carbocycles. The van der Waals surface area contributed by atoms with Crippen LogP contribution in [0.4, 0.5) is 19.0 Å². The van der Waals surface area contributed by atoms with Crippen LogP contribution in [0, 0.1) is 0 Å². The van der Waals surface area contributed by atoms with Crippen LogP contribution in [0.3, 0.4) is 0 Å². The van der Waals surface area contributed by atoms with Crippen molar-refractivity contribution >= 4 is 5.82 Å². The summed E-state index contributed by atoms with van der Waals surface area (Å²) in [6.45, 7) is 2.66. The van der Waals surface area contributed by atoms with Crippen LogP contribution >= 0.6 is 0 Å². The number of nitrogens with one attached hydrogen (secondary N) is 1. The van der Waals surface area contributed by atoms with E-state index in [1.54, 1.807) is 0 Å². The van der Waals surface area contributed by atoms with Gasteiger partial charge in [-0.25, -0.2) is 4.98 Å². The highest BCUT2D eigenvalue weighted by atomic mass is 19.4. The average molecular weight is 299 g/mol. The molecule has 2 aliphatic rings. The molecule has 2 fully saturated rings. The summed E-state index contributed by atoms with van der Waals surface area (Å²) in [5.41, 5.74) is -0.622. The highest BCUT2D eigenvalue weighted by molar-refractivity contribution is 5.43. The first kappa shape index (κ1) is 14.6. The van der Waals surface area contributed by atoms with Crippen molar-refractivity contribution in [3.8, 4) is 0 Å². The zero-order valence-electron chi connectivity index (χ0n) is 12.0. The van der Waals surface area contributed by atoms with Gasteiger partial charge in [0.15, 0.2) is 0 Å². The number of halogens is 3. The molecule has 2 saturated heterocycles. The van der Waals surface area contributed by atoms with Crippen LogP contribution in [-0.4, -0.2) is 29.7 Å². The van der Waals surface area contributed by atoms with Crippen LogP contribution in [0.25, 0.3) is 0 Å². The van der Waals surface area contributed by atoms with Crippen molar-refractivity contribution in [2.75, 3.05) is 11.4 Å². The Kier molecular flexibility index (Phi) is 3.82. The average Bonchev–Trinajstić information content (AvgIpc) is 2.78. The maximum atomic E-state index is 12.9. The number of fused-ring (bicyclic) bond motifs is 2. The van der Waals surface area contributed by atoms with E-state index in [9.17, 15) is 13.2 Å². The molecule has 2 atom stereocenters. The van der Waals surface area contributed by atoms with Crippen molar-refractivity contribution < 1.29 is 13.2 Å². The summed E-state index contributed by atoms with van der Waals surface area (Å²) in [7, 11) is 0. The highest BCUT2D eigenvalue weighted by Gasteiger charge is 2.37. The molecule has 0 radical (unpaired) electrons. The first-order valence-corrected chi connectivity index (χ1v) is 7.53. The Hall–Kier alpha value is -1.30. The van der Waals surface area contributed by atoms with Gasteiger partial charge in [0.2, 0.25) is 0 Å². The predicted molar refractivity (Wildman–Crippen MR) is 75.2 cm³/mol. The first-order chi connectivity index (χ1) is 9.97. The van der Waals surface area contributed by atoms with Gasteiger partial charge in [-0.2, -0.15) is 13.2 Å². The number of pyridine rings is 1. The topological polar surface area (TPSA) is 28.2 Å². The predicted octanol–water partition coefficient (Wildman–Crippen LogP) is 3.21. The van der Waals surface area contributed by atoms with Gasteiger partial charge in [0.25, 0.3) is 0 Å². The van der Waals surface area contributed by atoms with Crippen molar-refractivity contribution in [2.45, 2.75) is 56.9 Å².